The molecule has 3 nitrogen and oxygen atoms in total. The van der Waals surface area contributed by atoms with Crippen LogP contribution >= 0.6 is 35.6 Å². The third-order valence-corrected chi connectivity index (χ3v) is 4.59. The van der Waals surface area contributed by atoms with Crippen LogP contribution in [0.1, 0.15) is 38.2 Å². The highest BCUT2D eigenvalue weighted by Crippen LogP contribution is 2.23. The molecule has 1 saturated carbocycles. The zero-order valence-corrected chi connectivity index (χ0v) is 15.3. The molecular formula is C17H21Cl3N2O. The van der Waals surface area contributed by atoms with Crippen LogP contribution < -0.4 is 11.1 Å². The van der Waals surface area contributed by atoms with E-state index in [1.807, 2.05) is 6.92 Å². The Morgan fingerprint density at radius 3 is 2.52 bits per heavy atom. The topological polar surface area (TPSA) is 55.1 Å². The summed E-state index contributed by atoms with van der Waals surface area (Å²) in [6.45, 7) is 1.87. The quantitative estimate of drug-likeness (QED) is 0.773. The van der Waals surface area contributed by atoms with Gasteiger partial charge in [-0.2, -0.15) is 0 Å². The van der Waals surface area contributed by atoms with Crippen molar-refractivity contribution in [3.63, 3.8) is 0 Å². The molecule has 2 rings (SSSR count). The predicted molar refractivity (Wildman–Crippen MR) is 98.1 cm³/mol. The fourth-order valence-corrected chi connectivity index (χ4v) is 2.81. The third kappa shape index (κ3) is 6.24. The highest BCUT2D eigenvalue weighted by molar-refractivity contribution is 6.42. The second kappa shape index (κ2) is 9.39. The van der Waals surface area contributed by atoms with Crippen molar-refractivity contribution in [2.75, 3.05) is 0 Å². The van der Waals surface area contributed by atoms with Crippen molar-refractivity contribution in [1.82, 2.24) is 5.32 Å². The lowest BCUT2D eigenvalue weighted by atomic mass is 9.86. The van der Waals surface area contributed by atoms with Gasteiger partial charge in [0.1, 0.15) is 0 Å². The third-order valence-electron chi connectivity index (χ3n) is 3.85. The lowest BCUT2D eigenvalue weighted by Crippen LogP contribution is -2.39. The van der Waals surface area contributed by atoms with Gasteiger partial charge in [-0.3, -0.25) is 4.79 Å². The number of hydrogen-bond donors (Lipinski definition) is 2. The van der Waals surface area contributed by atoms with Crippen LogP contribution in [0.5, 0.6) is 0 Å². The molecule has 6 heteroatoms. The highest BCUT2D eigenvalue weighted by Gasteiger charge is 2.24. The van der Waals surface area contributed by atoms with E-state index >= 15 is 0 Å². The van der Waals surface area contributed by atoms with E-state index in [4.69, 9.17) is 28.9 Å². The van der Waals surface area contributed by atoms with Crippen molar-refractivity contribution in [2.45, 2.75) is 44.7 Å². The molecule has 1 aromatic rings. The van der Waals surface area contributed by atoms with Gasteiger partial charge >= 0.3 is 0 Å². The van der Waals surface area contributed by atoms with E-state index in [1.165, 1.54) is 0 Å². The van der Waals surface area contributed by atoms with E-state index < -0.39 is 0 Å². The number of halogens is 3. The van der Waals surface area contributed by atoms with Crippen LogP contribution in [-0.2, 0) is 4.79 Å². The SMILES string of the molecule is CC(C#Cc1ccc(Cl)c(Cl)c1)NC(=O)C1CCC(N)CC1.Cl. The van der Waals surface area contributed by atoms with Gasteiger partial charge in [0.05, 0.1) is 16.1 Å². The van der Waals surface area contributed by atoms with Crippen LogP contribution in [-0.4, -0.2) is 18.0 Å². The first-order valence-corrected chi connectivity index (χ1v) is 8.24. The fraction of sp³-hybridized carbons (Fsp3) is 0.471. The Hall–Kier alpha value is -0.920. The van der Waals surface area contributed by atoms with Crippen LogP contribution in [0.15, 0.2) is 18.2 Å². The summed E-state index contributed by atoms with van der Waals surface area (Å²) in [6.07, 6.45) is 3.56. The number of hydrogen-bond acceptors (Lipinski definition) is 2. The zero-order chi connectivity index (χ0) is 16.1. The number of nitrogens with two attached hydrogens (primary N) is 1. The van der Waals surface area contributed by atoms with E-state index in [0.717, 1.165) is 31.2 Å². The molecule has 23 heavy (non-hydrogen) atoms. The predicted octanol–water partition coefficient (Wildman–Crippen LogP) is 3.79. The molecule has 0 bridgehead atoms. The van der Waals surface area contributed by atoms with Gasteiger partial charge in [-0.25, -0.2) is 0 Å². The molecule has 1 atom stereocenters. The van der Waals surface area contributed by atoms with Crippen molar-refractivity contribution in [1.29, 1.82) is 0 Å². The average Bonchev–Trinajstić information content (AvgIpc) is 2.49. The second-order valence-electron chi connectivity index (χ2n) is 5.74. The van der Waals surface area contributed by atoms with Crippen LogP contribution in [0.25, 0.3) is 0 Å². The molecular weight excluding hydrogens is 355 g/mol. The lowest BCUT2D eigenvalue weighted by Gasteiger charge is -2.25. The maximum absolute atomic E-state index is 12.2. The molecule has 1 aromatic carbocycles. The first-order chi connectivity index (χ1) is 10.5. The molecule has 3 N–H and O–H groups in total. The normalized spacial score (nSPS) is 21.4. The van der Waals surface area contributed by atoms with Gasteiger partial charge in [0.2, 0.25) is 5.91 Å². The molecule has 0 aliphatic heterocycles. The Kier molecular flexibility index (Phi) is 8.22. The van der Waals surface area contributed by atoms with Gasteiger partial charge < -0.3 is 11.1 Å². The minimum absolute atomic E-state index is 0. The van der Waals surface area contributed by atoms with Crippen LogP contribution in [0.3, 0.4) is 0 Å². The van der Waals surface area contributed by atoms with Crippen molar-refractivity contribution in [3.8, 4) is 11.8 Å². The molecule has 126 valence electrons. The molecule has 1 unspecified atom stereocenters. The molecule has 0 heterocycles. The van der Waals surface area contributed by atoms with E-state index in [-0.39, 0.29) is 36.3 Å². The second-order valence-corrected chi connectivity index (χ2v) is 6.55. The van der Waals surface area contributed by atoms with Gasteiger partial charge in [0, 0.05) is 17.5 Å². The Morgan fingerprint density at radius 2 is 1.91 bits per heavy atom. The smallest absolute Gasteiger partial charge is 0.224 e. The highest BCUT2D eigenvalue weighted by atomic mass is 35.5. The number of amides is 1. The largest absolute Gasteiger partial charge is 0.342 e. The summed E-state index contributed by atoms with van der Waals surface area (Å²) in [6, 6.07) is 5.27. The van der Waals surface area contributed by atoms with Crippen LogP contribution in [0.4, 0.5) is 0 Å². The first-order valence-electron chi connectivity index (χ1n) is 7.48. The average molecular weight is 376 g/mol. The zero-order valence-electron chi connectivity index (χ0n) is 12.9. The Bertz CT molecular complexity index is 602. The molecule has 0 radical (unpaired) electrons. The van der Waals surface area contributed by atoms with Crippen molar-refractivity contribution < 1.29 is 4.79 Å². The van der Waals surface area contributed by atoms with Gasteiger partial charge in [-0.15, -0.1) is 12.4 Å². The minimum atomic E-state index is -0.211. The van der Waals surface area contributed by atoms with E-state index in [1.54, 1.807) is 18.2 Å². The van der Waals surface area contributed by atoms with Crippen LogP contribution in [0.2, 0.25) is 10.0 Å². The molecule has 0 saturated heterocycles. The van der Waals surface area contributed by atoms with Crippen molar-refractivity contribution in [2.24, 2.45) is 11.7 Å². The lowest BCUT2D eigenvalue weighted by molar-refractivity contribution is -0.126. The van der Waals surface area contributed by atoms with E-state index in [2.05, 4.69) is 17.2 Å². The van der Waals surface area contributed by atoms with Gasteiger partial charge in [-0.1, -0.05) is 35.0 Å². The van der Waals surface area contributed by atoms with Crippen molar-refractivity contribution >= 4 is 41.5 Å². The van der Waals surface area contributed by atoms with E-state index in [0.29, 0.717) is 10.0 Å². The summed E-state index contributed by atoms with van der Waals surface area (Å²) >= 11 is 11.8. The van der Waals surface area contributed by atoms with Crippen LogP contribution in [0, 0.1) is 17.8 Å². The first kappa shape index (κ1) is 20.1. The summed E-state index contributed by atoms with van der Waals surface area (Å²) in [7, 11) is 0. The van der Waals surface area contributed by atoms with Gasteiger partial charge in [0.25, 0.3) is 0 Å². The number of carbonyl (C=O) groups excluding carboxylic acids is 1. The summed E-state index contributed by atoms with van der Waals surface area (Å²) in [4.78, 5) is 12.2. The maximum atomic E-state index is 12.2. The van der Waals surface area contributed by atoms with Gasteiger partial charge in [0.15, 0.2) is 0 Å². The van der Waals surface area contributed by atoms with E-state index in [9.17, 15) is 4.79 Å². The molecule has 0 spiro atoms. The number of carbonyl (C=O) groups is 1. The maximum Gasteiger partial charge on any atom is 0.224 e. The number of nitrogens with one attached hydrogen (secondary N) is 1. The summed E-state index contributed by atoms with van der Waals surface area (Å²) in [5.41, 5.74) is 6.64. The number of benzene rings is 1. The molecule has 1 amide bonds. The molecule has 1 aliphatic carbocycles. The fourth-order valence-electron chi connectivity index (χ4n) is 2.51. The molecule has 1 fully saturated rings. The summed E-state index contributed by atoms with van der Waals surface area (Å²) in [5, 5.41) is 3.93. The van der Waals surface area contributed by atoms with Crippen molar-refractivity contribution in [3.05, 3.63) is 33.8 Å². The number of rotatable bonds is 2. The minimum Gasteiger partial charge on any atom is -0.342 e. The molecule has 0 aromatic heterocycles. The Balaban J connectivity index is 0.00000264. The Labute approximate surface area is 153 Å². The summed E-state index contributed by atoms with van der Waals surface area (Å²) < 4.78 is 0. The standard InChI is InChI=1S/C17H20Cl2N2O.ClH/c1-11(2-3-12-4-9-15(18)16(19)10-12)21-17(22)13-5-7-14(20)8-6-13;/h4,9-11,13-14H,5-8,20H2,1H3,(H,21,22);1H. The molecule has 1 aliphatic rings. The summed E-state index contributed by atoms with van der Waals surface area (Å²) in [5.74, 6) is 6.15. The monoisotopic (exact) mass is 374 g/mol. The Morgan fingerprint density at radius 1 is 1.26 bits per heavy atom. The van der Waals surface area contributed by atoms with Gasteiger partial charge in [-0.05, 0) is 50.8 Å².